The Morgan fingerprint density at radius 2 is 1.76 bits per heavy atom. The predicted octanol–water partition coefficient (Wildman–Crippen LogP) is 2.55. The second-order valence-corrected chi connectivity index (χ2v) is 7.03. The van der Waals surface area contributed by atoms with E-state index in [1.165, 1.54) is 5.69 Å². The van der Waals surface area contributed by atoms with Crippen molar-refractivity contribution >= 4 is 17.3 Å². The molecule has 2 aliphatic heterocycles. The summed E-state index contributed by atoms with van der Waals surface area (Å²) < 4.78 is 10.8. The Bertz CT molecular complexity index is 892. The SMILES string of the molecule is COc1cccc(C2=NO[C@H](C(=O)N3CCN(c4ccccc4)CC3)C2)c1OC. The number of anilines is 1. The van der Waals surface area contributed by atoms with Crippen LogP contribution in [0.15, 0.2) is 53.7 Å². The predicted molar refractivity (Wildman–Crippen MR) is 111 cm³/mol. The molecule has 0 N–H and O–H groups in total. The number of methoxy groups -OCH3 is 2. The molecule has 0 aromatic heterocycles. The fourth-order valence-electron chi connectivity index (χ4n) is 3.81. The minimum Gasteiger partial charge on any atom is -0.493 e. The van der Waals surface area contributed by atoms with Gasteiger partial charge >= 0.3 is 0 Å². The van der Waals surface area contributed by atoms with E-state index < -0.39 is 6.10 Å². The van der Waals surface area contributed by atoms with Gasteiger partial charge in [-0.15, -0.1) is 0 Å². The van der Waals surface area contributed by atoms with Gasteiger partial charge in [-0.3, -0.25) is 4.79 Å². The van der Waals surface area contributed by atoms with Crippen LogP contribution in [0.4, 0.5) is 5.69 Å². The highest BCUT2D eigenvalue weighted by atomic mass is 16.6. The number of oxime groups is 1. The van der Waals surface area contributed by atoms with Crippen LogP contribution in [0.5, 0.6) is 11.5 Å². The van der Waals surface area contributed by atoms with Crippen molar-refractivity contribution in [3.8, 4) is 11.5 Å². The third kappa shape index (κ3) is 3.85. The number of amides is 1. The van der Waals surface area contributed by atoms with Crippen LogP contribution in [-0.2, 0) is 9.63 Å². The molecule has 7 heteroatoms. The average molecular weight is 395 g/mol. The van der Waals surface area contributed by atoms with Gasteiger partial charge in [0.2, 0.25) is 6.10 Å². The molecular formula is C22H25N3O4. The minimum absolute atomic E-state index is 0.0154. The lowest BCUT2D eigenvalue weighted by Gasteiger charge is -2.36. The second kappa shape index (κ2) is 8.43. The number of carbonyl (C=O) groups excluding carboxylic acids is 1. The van der Waals surface area contributed by atoms with E-state index in [0.717, 1.165) is 18.7 Å². The van der Waals surface area contributed by atoms with Gasteiger partial charge in [0, 0.05) is 43.9 Å². The fraction of sp³-hybridized carbons (Fsp3) is 0.364. The third-order valence-electron chi connectivity index (χ3n) is 5.37. The lowest BCUT2D eigenvalue weighted by molar-refractivity contribution is -0.142. The number of rotatable bonds is 5. The van der Waals surface area contributed by atoms with Crippen molar-refractivity contribution in [1.82, 2.24) is 4.90 Å². The first-order chi connectivity index (χ1) is 14.2. The molecule has 2 heterocycles. The largest absolute Gasteiger partial charge is 0.493 e. The monoisotopic (exact) mass is 395 g/mol. The zero-order valence-corrected chi connectivity index (χ0v) is 16.7. The highest BCUT2D eigenvalue weighted by Crippen LogP contribution is 2.33. The first-order valence-corrected chi connectivity index (χ1v) is 9.74. The molecular weight excluding hydrogens is 370 g/mol. The smallest absolute Gasteiger partial charge is 0.267 e. The summed E-state index contributed by atoms with van der Waals surface area (Å²) in [6, 6.07) is 15.9. The third-order valence-corrected chi connectivity index (χ3v) is 5.37. The highest BCUT2D eigenvalue weighted by Gasteiger charge is 2.35. The summed E-state index contributed by atoms with van der Waals surface area (Å²) in [7, 11) is 3.18. The number of benzene rings is 2. The van der Waals surface area contributed by atoms with Crippen LogP contribution in [0.3, 0.4) is 0 Å². The fourth-order valence-corrected chi connectivity index (χ4v) is 3.81. The molecule has 0 saturated carbocycles. The van der Waals surface area contributed by atoms with E-state index >= 15 is 0 Å². The van der Waals surface area contributed by atoms with Crippen molar-refractivity contribution in [3.63, 3.8) is 0 Å². The van der Waals surface area contributed by atoms with Gasteiger partial charge in [0.15, 0.2) is 11.5 Å². The lowest BCUT2D eigenvalue weighted by Crippen LogP contribution is -2.51. The van der Waals surface area contributed by atoms with Crippen LogP contribution >= 0.6 is 0 Å². The van der Waals surface area contributed by atoms with Gasteiger partial charge in [-0.05, 0) is 24.3 Å². The molecule has 7 nitrogen and oxygen atoms in total. The highest BCUT2D eigenvalue weighted by molar-refractivity contribution is 6.06. The Labute approximate surface area is 170 Å². The van der Waals surface area contributed by atoms with Crippen LogP contribution in [0.1, 0.15) is 12.0 Å². The van der Waals surface area contributed by atoms with E-state index in [1.807, 2.05) is 41.3 Å². The summed E-state index contributed by atoms with van der Waals surface area (Å²) in [5, 5.41) is 4.17. The van der Waals surface area contributed by atoms with Crippen molar-refractivity contribution in [2.45, 2.75) is 12.5 Å². The van der Waals surface area contributed by atoms with Crippen LogP contribution < -0.4 is 14.4 Å². The summed E-state index contributed by atoms with van der Waals surface area (Å²) in [5.74, 6) is 1.21. The minimum atomic E-state index is -0.593. The Balaban J connectivity index is 1.38. The maximum Gasteiger partial charge on any atom is 0.267 e. The molecule has 1 amide bonds. The van der Waals surface area contributed by atoms with Gasteiger partial charge in [-0.1, -0.05) is 29.4 Å². The molecule has 2 aromatic rings. The number of hydrogen-bond donors (Lipinski definition) is 0. The Morgan fingerprint density at radius 3 is 2.45 bits per heavy atom. The van der Waals surface area contributed by atoms with Gasteiger partial charge in [0.05, 0.1) is 19.9 Å². The van der Waals surface area contributed by atoms with Crippen molar-refractivity contribution in [1.29, 1.82) is 0 Å². The zero-order valence-electron chi connectivity index (χ0n) is 16.7. The summed E-state index contributed by atoms with van der Waals surface area (Å²) in [6.07, 6.45) is -0.175. The van der Waals surface area contributed by atoms with Gasteiger partial charge < -0.3 is 24.1 Å². The number of piperazine rings is 1. The van der Waals surface area contributed by atoms with E-state index in [-0.39, 0.29) is 5.91 Å². The van der Waals surface area contributed by atoms with Crippen LogP contribution in [0.25, 0.3) is 0 Å². The van der Waals surface area contributed by atoms with Crippen molar-refractivity contribution < 1.29 is 19.1 Å². The Morgan fingerprint density at radius 1 is 1.00 bits per heavy atom. The molecule has 0 spiro atoms. The van der Waals surface area contributed by atoms with Gasteiger partial charge in [0.1, 0.15) is 0 Å². The maximum absolute atomic E-state index is 13.0. The summed E-state index contributed by atoms with van der Waals surface area (Å²) in [6.45, 7) is 2.95. The molecule has 0 bridgehead atoms. The van der Waals surface area contributed by atoms with E-state index in [9.17, 15) is 4.79 Å². The molecule has 0 radical (unpaired) electrons. The standard InChI is InChI=1S/C22H25N3O4/c1-27-19-10-6-9-17(21(19)28-2)18-15-20(29-23-18)22(26)25-13-11-24(12-14-25)16-7-4-3-5-8-16/h3-10,20H,11-15H2,1-2H3/t20-/m0/s1. The number of para-hydroxylation sites is 2. The van der Waals surface area contributed by atoms with Crippen LogP contribution in [0.2, 0.25) is 0 Å². The number of nitrogens with zero attached hydrogens (tertiary/aromatic N) is 3. The van der Waals surface area contributed by atoms with Crippen molar-refractivity contribution in [2.75, 3.05) is 45.3 Å². The Hall–Kier alpha value is -3.22. The van der Waals surface area contributed by atoms with Crippen LogP contribution in [0, 0.1) is 0 Å². The molecule has 1 saturated heterocycles. The summed E-state index contributed by atoms with van der Waals surface area (Å²) >= 11 is 0. The molecule has 2 aromatic carbocycles. The molecule has 0 unspecified atom stereocenters. The molecule has 1 atom stereocenters. The number of carbonyl (C=O) groups is 1. The topological polar surface area (TPSA) is 63.6 Å². The van der Waals surface area contributed by atoms with Gasteiger partial charge in [0.25, 0.3) is 5.91 Å². The molecule has 1 fully saturated rings. The maximum atomic E-state index is 13.0. The van der Waals surface area contributed by atoms with E-state index in [1.54, 1.807) is 14.2 Å². The Kier molecular flexibility index (Phi) is 5.55. The van der Waals surface area contributed by atoms with E-state index in [0.29, 0.717) is 36.7 Å². The second-order valence-electron chi connectivity index (χ2n) is 7.03. The molecule has 4 rings (SSSR count). The van der Waals surface area contributed by atoms with E-state index in [4.69, 9.17) is 14.3 Å². The normalized spacial score (nSPS) is 18.8. The quantitative estimate of drug-likeness (QED) is 0.779. The summed E-state index contributed by atoms with van der Waals surface area (Å²) in [4.78, 5) is 22.6. The van der Waals surface area contributed by atoms with Gasteiger partial charge in [-0.2, -0.15) is 0 Å². The average Bonchev–Trinajstić information content (AvgIpc) is 3.28. The number of hydrogen-bond acceptors (Lipinski definition) is 6. The van der Waals surface area contributed by atoms with Crippen LogP contribution in [-0.4, -0.2) is 63.0 Å². The van der Waals surface area contributed by atoms with Gasteiger partial charge in [-0.25, -0.2) is 0 Å². The first-order valence-electron chi connectivity index (χ1n) is 9.74. The molecule has 0 aliphatic carbocycles. The lowest BCUT2D eigenvalue weighted by atomic mass is 10.0. The van der Waals surface area contributed by atoms with Crippen molar-refractivity contribution in [3.05, 3.63) is 54.1 Å². The van der Waals surface area contributed by atoms with E-state index in [2.05, 4.69) is 22.2 Å². The first kappa shape index (κ1) is 19.1. The molecule has 2 aliphatic rings. The zero-order chi connectivity index (χ0) is 20.2. The molecule has 152 valence electrons. The van der Waals surface area contributed by atoms with Crippen molar-refractivity contribution in [2.24, 2.45) is 5.16 Å². The summed E-state index contributed by atoms with van der Waals surface area (Å²) in [5.41, 5.74) is 2.67. The molecule has 29 heavy (non-hydrogen) atoms. The number of ether oxygens (including phenoxy) is 2.